The minimum absolute atomic E-state index is 0.183. The van der Waals surface area contributed by atoms with Crippen molar-refractivity contribution in [2.75, 3.05) is 58.4 Å². The Hall–Kier alpha value is -2.73. The summed E-state index contributed by atoms with van der Waals surface area (Å²) in [6.07, 6.45) is 2.11. The van der Waals surface area contributed by atoms with Crippen LogP contribution in [0.3, 0.4) is 0 Å². The number of methoxy groups -OCH3 is 2. The van der Waals surface area contributed by atoms with E-state index in [1.807, 2.05) is 23.1 Å². The summed E-state index contributed by atoms with van der Waals surface area (Å²) in [7, 11) is 3.38. The molecule has 166 valence electrons. The molecule has 2 aromatic carbocycles. The Morgan fingerprint density at radius 1 is 1.00 bits per heavy atom. The summed E-state index contributed by atoms with van der Waals surface area (Å²) in [5, 5.41) is 0. The Balaban J connectivity index is 1.38. The van der Waals surface area contributed by atoms with E-state index in [2.05, 4.69) is 41.0 Å². The largest absolute Gasteiger partial charge is 0.497 e. The predicted molar refractivity (Wildman–Crippen MR) is 123 cm³/mol. The molecule has 0 aromatic heterocycles. The molecule has 2 aliphatic rings. The van der Waals surface area contributed by atoms with Crippen LogP contribution in [0.4, 0.5) is 5.69 Å². The minimum Gasteiger partial charge on any atom is -0.497 e. The van der Waals surface area contributed by atoms with Gasteiger partial charge in [0.25, 0.3) is 0 Å². The molecule has 1 amide bonds. The van der Waals surface area contributed by atoms with Crippen molar-refractivity contribution in [1.82, 2.24) is 9.80 Å². The highest BCUT2D eigenvalue weighted by Crippen LogP contribution is 2.38. The number of ether oxygens (including phenoxy) is 2. The number of aryl methyl sites for hydroxylation is 1. The third-order valence-electron chi connectivity index (χ3n) is 6.50. The molecule has 0 radical (unpaired) electrons. The SMILES string of the molecule is COc1ccc(OC)c([C@H]2CCCN2CC(=O)N2CCN(c3cccc(C)c3)CC2)c1. The highest BCUT2D eigenvalue weighted by Gasteiger charge is 2.32. The number of piperazine rings is 1. The second kappa shape index (κ2) is 9.60. The van der Waals surface area contributed by atoms with E-state index in [4.69, 9.17) is 9.47 Å². The van der Waals surface area contributed by atoms with Crippen LogP contribution in [-0.4, -0.2) is 69.2 Å². The molecule has 0 N–H and O–H groups in total. The molecule has 2 aliphatic heterocycles. The van der Waals surface area contributed by atoms with Crippen LogP contribution in [-0.2, 0) is 4.79 Å². The van der Waals surface area contributed by atoms with Crippen molar-refractivity contribution >= 4 is 11.6 Å². The maximum absolute atomic E-state index is 13.1. The first-order valence-electron chi connectivity index (χ1n) is 11.1. The van der Waals surface area contributed by atoms with Crippen LogP contribution >= 0.6 is 0 Å². The molecule has 2 aromatic rings. The van der Waals surface area contributed by atoms with E-state index in [0.29, 0.717) is 6.54 Å². The number of carbonyl (C=O) groups excluding carboxylic acids is 1. The number of hydrogen-bond donors (Lipinski definition) is 0. The van der Waals surface area contributed by atoms with Crippen molar-refractivity contribution in [2.45, 2.75) is 25.8 Å². The fourth-order valence-corrected chi connectivity index (χ4v) is 4.78. The lowest BCUT2D eigenvalue weighted by Crippen LogP contribution is -2.51. The summed E-state index contributed by atoms with van der Waals surface area (Å²) in [5.41, 5.74) is 3.62. The van der Waals surface area contributed by atoms with Gasteiger partial charge in [-0.2, -0.15) is 0 Å². The second-order valence-electron chi connectivity index (χ2n) is 8.44. The zero-order chi connectivity index (χ0) is 21.8. The molecular weight excluding hydrogens is 390 g/mol. The smallest absolute Gasteiger partial charge is 0.236 e. The zero-order valence-corrected chi connectivity index (χ0v) is 18.8. The molecule has 2 saturated heterocycles. The number of likely N-dealkylation sites (tertiary alicyclic amines) is 1. The molecule has 0 bridgehead atoms. The lowest BCUT2D eigenvalue weighted by atomic mass is 10.0. The third kappa shape index (κ3) is 4.79. The maximum atomic E-state index is 13.1. The number of rotatable bonds is 6. The Labute approximate surface area is 185 Å². The second-order valence-corrected chi connectivity index (χ2v) is 8.44. The van der Waals surface area contributed by atoms with E-state index in [1.165, 1.54) is 11.3 Å². The van der Waals surface area contributed by atoms with Crippen molar-refractivity contribution in [3.05, 3.63) is 53.6 Å². The van der Waals surface area contributed by atoms with Gasteiger partial charge in [-0.25, -0.2) is 0 Å². The van der Waals surface area contributed by atoms with Crippen LogP contribution in [0.5, 0.6) is 11.5 Å². The summed E-state index contributed by atoms with van der Waals surface area (Å²) >= 11 is 0. The number of anilines is 1. The molecule has 4 rings (SSSR count). The Morgan fingerprint density at radius 3 is 2.52 bits per heavy atom. The molecule has 0 aliphatic carbocycles. The third-order valence-corrected chi connectivity index (χ3v) is 6.50. The fraction of sp³-hybridized carbons (Fsp3) is 0.480. The van der Waals surface area contributed by atoms with Crippen molar-refractivity contribution in [3.63, 3.8) is 0 Å². The highest BCUT2D eigenvalue weighted by molar-refractivity contribution is 5.78. The van der Waals surface area contributed by atoms with Crippen LogP contribution in [0.25, 0.3) is 0 Å². The van der Waals surface area contributed by atoms with Crippen molar-refractivity contribution < 1.29 is 14.3 Å². The van der Waals surface area contributed by atoms with Gasteiger partial charge in [0.15, 0.2) is 0 Å². The molecule has 0 saturated carbocycles. The lowest BCUT2D eigenvalue weighted by molar-refractivity contribution is -0.133. The van der Waals surface area contributed by atoms with Crippen LogP contribution in [0, 0.1) is 6.92 Å². The quantitative estimate of drug-likeness (QED) is 0.712. The van der Waals surface area contributed by atoms with Gasteiger partial charge >= 0.3 is 0 Å². The summed E-state index contributed by atoms with van der Waals surface area (Å²) in [6.45, 7) is 6.80. The monoisotopic (exact) mass is 423 g/mol. The molecule has 0 spiro atoms. The first-order chi connectivity index (χ1) is 15.1. The zero-order valence-electron chi connectivity index (χ0n) is 18.8. The van der Waals surface area contributed by atoms with Crippen LogP contribution in [0.2, 0.25) is 0 Å². The van der Waals surface area contributed by atoms with Crippen molar-refractivity contribution in [1.29, 1.82) is 0 Å². The summed E-state index contributed by atoms with van der Waals surface area (Å²) < 4.78 is 11.0. The van der Waals surface area contributed by atoms with Gasteiger partial charge in [0, 0.05) is 43.5 Å². The highest BCUT2D eigenvalue weighted by atomic mass is 16.5. The predicted octanol–water partition coefficient (Wildman–Crippen LogP) is 3.50. The Kier molecular flexibility index (Phi) is 6.66. The van der Waals surface area contributed by atoms with E-state index < -0.39 is 0 Å². The topological polar surface area (TPSA) is 45.3 Å². The van der Waals surface area contributed by atoms with Gasteiger partial charge in [0.2, 0.25) is 5.91 Å². The summed E-state index contributed by atoms with van der Waals surface area (Å²) in [4.78, 5) is 19.8. The lowest BCUT2D eigenvalue weighted by Gasteiger charge is -2.37. The molecule has 2 fully saturated rings. The normalized spacial score (nSPS) is 19.5. The number of hydrogen-bond acceptors (Lipinski definition) is 5. The van der Waals surface area contributed by atoms with E-state index in [-0.39, 0.29) is 11.9 Å². The average molecular weight is 424 g/mol. The molecule has 1 atom stereocenters. The number of benzene rings is 2. The molecule has 31 heavy (non-hydrogen) atoms. The van der Waals surface area contributed by atoms with E-state index in [0.717, 1.165) is 62.6 Å². The van der Waals surface area contributed by atoms with Gasteiger partial charge < -0.3 is 19.3 Å². The number of nitrogens with zero attached hydrogens (tertiary/aromatic N) is 3. The Bertz CT molecular complexity index is 909. The molecule has 2 heterocycles. The molecule has 6 heteroatoms. The van der Waals surface area contributed by atoms with Crippen LogP contribution in [0.1, 0.15) is 30.0 Å². The van der Waals surface area contributed by atoms with E-state index in [9.17, 15) is 4.79 Å². The fourth-order valence-electron chi connectivity index (χ4n) is 4.78. The van der Waals surface area contributed by atoms with E-state index in [1.54, 1.807) is 14.2 Å². The molecule has 0 unspecified atom stereocenters. The van der Waals surface area contributed by atoms with Gasteiger partial charge in [0.05, 0.1) is 20.8 Å². The van der Waals surface area contributed by atoms with Gasteiger partial charge in [-0.15, -0.1) is 0 Å². The minimum atomic E-state index is 0.183. The maximum Gasteiger partial charge on any atom is 0.236 e. The van der Waals surface area contributed by atoms with Crippen molar-refractivity contribution in [2.24, 2.45) is 0 Å². The van der Waals surface area contributed by atoms with E-state index >= 15 is 0 Å². The number of amides is 1. The first-order valence-corrected chi connectivity index (χ1v) is 11.1. The van der Waals surface area contributed by atoms with Gasteiger partial charge in [-0.3, -0.25) is 9.69 Å². The number of carbonyl (C=O) groups is 1. The summed E-state index contributed by atoms with van der Waals surface area (Å²) in [6, 6.07) is 14.7. The van der Waals surface area contributed by atoms with Crippen molar-refractivity contribution in [3.8, 4) is 11.5 Å². The Morgan fingerprint density at radius 2 is 1.81 bits per heavy atom. The van der Waals surface area contributed by atoms with Crippen LogP contribution in [0.15, 0.2) is 42.5 Å². The van der Waals surface area contributed by atoms with Gasteiger partial charge in [-0.05, 0) is 62.2 Å². The average Bonchev–Trinajstić information content (AvgIpc) is 3.26. The van der Waals surface area contributed by atoms with Gasteiger partial charge in [0.1, 0.15) is 11.5 Å². The molecule has 6 nitrogen and oxygen atoms in total. The molecular formula is C25H33N3O3. The standard InChI is InChI=1S/C25H33N3O3/c1-19-6-4-7-20(16-19)26-12-14-27(15-13-26)25(29)18-28-11-5-8-23(28)22-17-21(30-2)9-10-24(22)31-3/h4,6-7,9-10,16-17,23H,5,8,11-15,18H2,1-3H3/t23-/m1/s1. The summed E-state index contributed by atoms with van der Waals surface area (Å²) in [5.74, 6) is 1.90. The first kappa shape index (κ1) is 21.5. The van der Waals surface area contributed by atoms with Gasteiger partial charge in [-0.1, -0.05) is 12.1 Å². The van der Waals surface area contributed by atoms with Crippen LogP contribution < -0.4 is 14.4 Å².